The van der Waals surface area contributed by atoms with E-state index in [2.05, 4.69) is 71.8 Å². The predicted molar refractivity (Wildman–Crippen MR) is 130 cm³/mol. The molecule has 3 aromatic heterocycles. The second-order valence-electron chi connectivity index (χ2n) is 7.19. The number of thiazole rings is 2. The molecule has 0 aliphatic rings. The van der Waals surface area contributed by atoms with E-state index in [1.807, 2.05) is 12.1 Å². The first-order valence-electron chi connectivity index (χ1n) is 9.78. The SMILES string of the molecule is COc1ccc2c(c1)sc(C=c1ccc(=Cc3sc4cc(OC)ccc4[n+]3C)s1)[n+]2C. The molecule has 0 saturated carbocycles. The molecule has 5 aromatic rings. The summed E-state index contributed by atoms with van der Waals surface area (Å²) in [6.45, 7) is 0. The van der Waals surface area contributed by atoms with E-state index in [1.165, 1.54) is 39.5 Å². The van der Waals surface area contributed by atoms with Gasteiger partial charge in [0.1, 0.15) is 35.0 Å². The van der Waals surface area contributed by atoms with E-state index >= 15 is 0 Å². The van der Waals surface area contributed by atoms with Gasteiger partial charge in [0.25, 0.3) is 10.0 Å². The Morgan fingerprint density at radius 2 is 1.10 bits per heavy atom. The van der Waals surface area contributed by atoms with Crippen LogP contribution in [-0.4, -0.2) is 14.2 Å². The molecular weight excluding hydrogens is 444 g/mol. The maximum atomic E-state index is 5.37. The van der Waals surface area contributed by atoms with Crippen LogP contribution in [0.25, 0.3) is 32.6 Å². The molecule has 0 spiro atoms. The third-order valence-electron chi connectivity index (χ3n) is 5.33. The summed E-state index contributed by atoms with van der Waals surface area (Å²) in [5.74, 6) is 1.78. The number of hydrogen-bond acceptors (Lipinski definition) is 5. The van der Waals surface area contributed by atoms with Crippen molar-refractivity contribution in [2.45, 2.75) is 0 Å². The van der Waals surface area contributed by atoms with Crippen molar-refractivity contribution in [3.8, 4) is 11.5 Å². The summed E-state index contributed by atoms with van der Waals surface area (Å²) in [7, 11) is 7.64. The van der Waals surface area contributed by atoms with Crippen LogP contribution in [0.3, 0.4) is 0 Å². The van der Waals surface area contributed by atoms with Crippen molar-refractivity contribution in [2.75, 3.05) is 14.2 Å². The number of aryl methyl sites for hydroxylation is 2. The number of methoxy groups -OCH3 is 2. The summed E-state index contributed by atoms with van der Waals surface area (Å²) in [6.07, 6.45) is 4.52. The van der Waals surface area contributed by atoms with E-state index < -0.39 is 0 Å². The van der Waals surface area contributed by atoms with Crippen molar-refractivity contribution in [3.05, 3.63) is 67.6 Å². The smallest absolute Gasteiger partial charge is 0.263 e. The van der Waals surface area contributed by atoms with E-state index in [4.69, 9.17) is 9.47 Å². The Labute approximate surface area is 192 Å². The van der Waals surface area contributed by atoms with Crippen molar-refractivity contribution in [3.63, 3.8) is 0 Å². The fraction of sp³-hybridized carbons (Fsp3) is 0.167. The average molecular weight is 467 g/mol. The summed E-state index contributed by atoms with van der Waals surface area (Å²) < 4.78 is 20.2. The molecule has 0 radical (unpaired) electrons. The van der Waals surface area contributed by atoms with Crippen LogP contribution in [0.5, 0.6) is 11.5 Å². The summed E-state index contributed by atoms with van der Waals surface area (Å²) in [5, 5.41) is 2.44. The number of benzene rings is 2. The Morgan fingerprint density at radius 3 is 1.52 bits per heavy atom. The zero-order valence-corrected chi connectivity index (χ0v) is 20.2. The quantitative estimate of drug-likeness (QED) is 0.379. The lowest BCUT2D eigenvalue weighted by Crippen LogP contribution is -2.29. The lowest BCUT2D eigenvalue weighted by Gasteiger charge is -1.95. The first-order chi connectivity index (χ1) is 15.1. The van der Waals surface area contributed by atoms with Crippen LogP contribution in [0.2, 0.25) is 0 Å². The van der Waals surface area contributed by atoms with Crippen molar-refractivity contribution < 1.29 is 18.6 Å². The Balaban J connectivity index is 1.54. The Kier molecular flexibility index (Phi) is 5.25. The average Bonchev–Trinajstić information content (AvgIpc) is 3.45. The standard InChI is InChI=1S/C24H22N2O2S3/c1-25-19-9-5-15(27-3)11-21(19)30-23(25)13-17-7-8-18(29-17)14-24-26(2)20-10-6-16(28-4)12-22(20)31-24/h5-14H,1-4H3/q+2. The summed E-state index contributed by atoms with van der Waals surface area (Å²) in [4.78, 5) is 0. The minimum atomic E-state index is 0.891. The molecule has 0 unspecified atom stereocenters. The molecule has 5 rings (SSSR count). The molecule has 156 valence electrons. The van der Waals surface area contributed by atoms with Gasteiger partial charge in [0.2, 0.25) is 11.0 Å². The van der Waals surface area contributed by atoms with Crippen LogP contribution in [0.4, 0.5) is 0 Å². The maximum absolute atomic E-state index is 5.37. The number of aromatic nitrogens is 2. The van der Waals surface area contributed by atoms with Gasteiger partial charge in [-0.3, -0.25) is 0 Å². The number of fused-ring (bicyclic) bond motifs is 2. The molecule has 31 heavy (non-hydrogen) atoms. The highest BCUT2D eigenvalue weighted by atomic mass is 32.1. The van der Waals surface area contributed by atoms with Gasteiger partial charge in [0, 0.05) is 45.5 Å². The summed E-state index contributed by atoms with van der Waals surface area (Å²) in [6, 6.07) is 16.8. The van der Waals surface area contributed by atoms with Gasteiger partial charge in [-0.25, -0.2) is 0 Å². The third kappa shape index (κ3) is 3.73. The molecule has 7 heteroatoms. The normalized spacial score (nSPS) is 12.9. The molecule has 0 saturated heterocycles. The molecule has 4 nitrogen and oxygen atoms in total. The van der Waals surface area contributed by atoms with Gasteiger partial charge in [-0.2, -0.15) is 9.13 Å². The van der Waals surface area contributed by atoms with Gasteiger partial charge in [-0.05, 0) is 24.3 Å². The molecule has 0 bridgehead atoms. The van der Waals surface area contributed by atoms with E-state index in [0.29, 0.717) is 0 Å². The van der Waals surface area contributed by atoms with Crippen molar-refractivity contribution >= 4 is 66.6 Å². The van der Waals surface area contributed by atoms with E-state index in [-0.39, 0.29) is 0 Å². The number of nitrogens with zero attached hydrogens (tertiary/aromatic N) is 2. The zero-order valence-electron chi connectivity index (χ0n) is 17.7. The topological polar surface area (TPSA) is 26.2 Å². The van der Waals surface area contributed by atoms with Crippen LogP contribution in [-0.2, 0) is 14.1 Å². The molecule has 3 heterocycles. The van der Waals surface area contributed by atoms with Gasteiger partial charge in [0.05, 0.1) is 14.2 Å². The number of hydrogen-bond donors (Lipinski definition) is 0. The molecule has 0 aliphatic carbocycles. The van der Waals surface area contributed by atoms with Crippen molar-refractivity contribution in [1.82, 2.24) is 0 Å². The first kappa shape index (κ1) is 20.2. The second-order valence-corrected chi connectivity index (χ2v) is 10.5. The number of thiophene rings is 1. The predicted octanol–water partition coefficient (Wildman–Crippen LogP) is 3.50. The number of ether oxygens (including phenoxy) is 2. The van der Waals surface area contributed by atoms with Gasteiger partial charge >= 0.3 is 0 Å². The lowest BCUT2D eigenvalue weighted by molar-refractivity contribution is -0.642. The van der Waals surface area contributed by atoms with Gasteiger partial charge < -0.3 is 9.47 Å². The molecular formula is C24H22N2O2S3+2. The molecule has 0 amide bonds. The summed E-state index contributed by atoms with van der Waals surface area (Å²) in [5.41, 5.74) is 2.43. The van der Waals surface area contributed by atoms with Crippen LogP contribution in [0.1, 0.15) is 10.0 Å². The lowest BCUT2D eigenvalue weighted by atomic mass is 10.3. The minimum Gasteiger partial charge on any atom is -0.497 e. The highest BCUT2D eigenvalue weighted by molar-refractivity contribution is 7.19. The van der Waals surface area contributed by atoms with Crippen LogP contribution in [0.15, 0.2) is 48.5 Å². The Morgan fingerprint density at radius 1 is 0.645 bits per heavy atom. The van der Waals surface area contributed by atoms with Crippen LogP contribution < -0.4 is 27.7 Å². The second kappa shape index (κ2) is 8.07. The zero-order chi connectivity index (χ0) is 21.5. The van der Waals surface area contributed by atoms with Crippen LogP contribution >= 0.6 is 34.0 Å². The molecule has 2 aromatic carbocycles. The van der Waals surface area contributed by atoms with E-state index in [1.54, 1.807) is 48.2 Å². The van der Waals surface area contributed by atoms with Gasteiger partial charge in [-0.15, -0.1) is 11.3 Å². The van der Waals surface area contributed by atoms with Gasteiger partial charge in [-0.1, -0.05) is 22.7 Å². The van der Waals surface area contributed by atoms with Crippen molar-refractivity contribution in [1.29, 1.82) is 0 Å². The van der Waals surface area contributed by atoms with E-state index in [9.17, 15) is 0 Å². The minimum absolute atomic E-state index is 0.891. The largest absolute Gasteiger partial charge is 0.497 e. The fourth-order valence-corrected chi connectivity index (χ4v) is 6.88. The summed E-state index contributed by atoms with van der Waals surface area (Å²) >= 11 is 5.36. The van der Waals surface area contributed by atoms with Crippen molar-refractivity contribution in [2.24, 2.45) is 14.1 Å². The van der Waals surface area contributed by atoms with Crippen LogP contribution in [0, 0.1) is 0 Å². The number of rotatable bonds is 4. The maximum Gasteiger partial charge on any atom is 0.263 e. The molecule has 0 N–H and O–H groups in total. The third-order valence-corrected chi connectivity index (χ3v) is 8.60. The first-order valence-corrected chi connectivity index (χ1v) is 12.2. The molecule has 0 atom stereocenters. The van der Waals surface area contributed by atoms with E-state index in [0.717, 1.165) is 11.5 Å². The fourth-order valence-electron chi connectivity index (χ4n) is 3.58. The van der Waals surface area contributed by atoms with Gasteiger partial charge in [0.15, 0.2) is 0 Å². The Hall–Kier alpha value is -2.74. The highest BCUT2D eigenvalue weighted by Gasteiger charge is 2.17. The Bertz CT molecular complexity index is 1430. The molecule has 0 fully saturated rings. The monoisotopic (exact) mass is 466 g/mol. The molecule has 0 aliphatic heterocycles. The highest BCUT2D eigenvalue weighted by Crippen LogP contribution is 2.26.